The maximum Gasteiger partial charge on any atom is 0.226 e. The molecule has 1 aliphatic rings. The van der Waals surface area contributed by atoms with E-state index < -0.39 is 0 Å². The first-order valence-corrected chi connectivity index (χ1v) is 7.36. The lowest BCUT2D eigenvalue weighted by molar-refractivity contribution is -0.136. The number of nitrogens with zero attached hydrogens (tertiary/aromatic N) is 1. The molecule has 0 aromatic carbocycles. The fourth-order valence-corrected chi connectivity index (χ4v) is 2.44. The summed E-state index contributed by atoms with van der Waals surface area (Å²) in [4.78, 5) is 14.6. The first kappa shape index (κ1) is 15.5. The predicted octanol–water partition coefficient (Wildman–Crippen LogP) is 2.65. The molecular weight excluding hydrogens is 224 g/mol. The molecule has 1 amide bonds. The van der Waals surface area contributed by atoms with E-state index in [4.69, 9.17) is 5.73 Å². The van der Waals surface area contributed by atoms with E-state index in [2.05, 4.69) is 32.6 Å². The number of amides is 1. The molecule has 0 aromatic heterocycles. The van der Waals surface area contributed by atoms with E-state index in [1.165, 1.54) is 12.8 Å². The third-order valence-electron chi connectivity index (χ3n) is 3.47. The molecule has 1 rings (SSSR count). The number of nitrogens with two attached hydrogens (primary N) is 1. The molecule has 18 heavy (non-hydrogen) atoms. The van der Waals surface area contributed by atoms with Gasteiger partial charge in [-0.05, 0) is 37.0 Å². The standard InChI is InChI=1S/C15H30N2O/c1-5-8-17(11-12-6-7-12)14(18)13(10-16)9-15(2,3)4/h12-13H,5-11,16H2,1-4H3. The van der Waals surface area contributed by atoms with Crippen LogP contribution in [-0.4, -0.2) is 30.4 Å². The molecular formula is C15H30N2O. The van der Waals surface area contributed by atoms with Gasteiger partial charge < -0.3 is 10.6 Å². The Morgan fingerprint density at radius 1 is 1.39 bits per heavy atom. The Hall–Kier alpha value is -0.570. The average Bonchev–Trinajstić information content (AvgIpc) is 3.07. The maximum absolute atomic E-state index is 12.6. The SMILES string of the molecule is CCCN(CC1CC1)C(=O)C(CN)CC(C)(C)C. The minimum absolute atomic E-state index is 0.00435. The molecule has 3 heteroatoms. The maximum atomic E-state index is 12.6. The lowest BCUT2D eigenvalue weighted by Gasteiger charge is -2.30. The molecule has 0 heterocycles. The molecule has 0 saturated heterocycles. The molecule has 0 bridgehead atoms. The van der Waals surface area contributed by atoms with Gasteiger partial charge in [-0.3, -0.25) is 4.79 Å². The molecule has 2 N–H and O–H groups in total. The molecule has 0 aromatic rings. The minimum atomic E-state index is -0.00435. The molecule has 1 fully saturated rings. The molecule has 1 unspecified atom stereocenters. The van der Waals surface area contributed by atoms with E-state index in [-0.39, 0.29) is 17.2 Å². The van der Waals surface area contributed by atoms with E-state index in [1.54, 1.807) is 0 Å². The average molecular weight is 254 g/mol. The molecule has 0 radical (unpaired) electrons. The van der Waals surface area contributed by atoms with E-state index in [1.807, 2.05) is 0 Å². The van der Waals surface area contributed by atoms with Crippen LogP contribution in [0.4, 0.5) is 0 Å². The topological polar surface area (TPSA) is 46.3 Å². The number of hydrogen-bond donors (Lipinski definition) is 1. The summed E-state index contributed by atoms with van der Waals surface area (Å²) in [6.07, 6.45) is 4.50. The van der Waals surface area contributed by atoms with Gasteiger partial charge in [0.1, 0.15) is 0 Å². The van der Waals surface area contributed by atoms with Crippen molar-refractivity contribution in [3.8, 4) is 0 Å². The molecule has 1 atom stereocenters. The Morgan fingerprint density at radius 2 is 2.00 bits per heavy atom. The highest BCUT2D eigenvalue weighted by Crippen LogP contribution is 2.31. The summed E-state index contributed by atoms with van der Waals surface area (Å²) in [5, 5.41) is 0. The molecule has 1 saturated carbocycles. The summed E-state index contributed by atoms with van der Waals surface area (Å²) < 4.78 is 0. The van der Waals surface area contributed by atoms with E-state index in [9.17, 15) is 4.79 Å². The Bertz CT molecular complexity index is 262. The zero-order chi connectivity index (χ0) is 13.8. The van der Waals surface area contributed by atoms with Crippen LogP contribution >= 0.6 is 0 Å². The third-order valence-corrected chi connectivity index (χ3v) is 3.47. The van der Waals surface area contributed by atoms with Gasteiger partial charge >= 0.3 is 0 Å². The minimum Gasteiger partial charge on any atom is -0.342 e. The smallest absolute Gasteiger partial charge is 0.226 e. The van der Waals surface area contributed by atoms with Crippen molar-refractivity contribution in [1.29, 1.82) is 0 Å². The highest BCUT2D eigenvalue weighted by atomic mass is 16.2. The van der Waals surface area contributed by atoms with Crippen molar-refractivity contribution < 1.29 is 4.79 Å². The zero-order valence-electron chi connectivity index (χ0n) is 12.5. The van der Waals surface area contributed by atoms with Gasteiger partial charge in [-0.2, -0.15) is 0 Å². The van der Waals surface area contributed by atoms with Crippen molar-refractivity contribution in [2.24, 2.45) is 23.0 Å². The van der Waals surface area contributed by atoms with Crippen LogP contribution in [0.5, 0.6) is 0 Å². The number of carbonyl (C=O) groups excluding carboxylic acids is 1. The lowest BCUT2D eigenvalue weighted by atomic mass is 9.84. The second-order valence-electron chi connectivity index (χ2n) is 6.93. The van der Waals surface area contributed by atoms with Gasteiger partial charge in [0, 0.05) is 19.6 Å². The summed E-state index contributed by atoms with van der Waals surface area (Å²) in [5.74, 6) is 1.03. The van der Waals surface area contributed by atoms with Gasteiger partial charge in [-0.25, -0.2) is 0 Å². The van der Waals surface area contributed by atoms with E-state index in [0.717, 1.165) is 31.8 Å². The first-order chi connectivity index (χ1) is 8.37. The van der Waals surface area contributed by atoms with Crippen LogP contribution < -0.4 is 5.73 Å². The van der Waals surface area contributed by atoms with Crippen molar-refractivity contribution in [2.45, 2.75) is 53.4 Å². The Morgan fingerprint density at radius 3 is 2.39 bits per heavy atom. The Kier molecular flexibility index (Phi) is 5.64. The summed E-state index contributed by atoms with van der Waals surface area (Å²) in [6.45, 7) is 11.0. The highest BCUT2D eigenvalue weighted by molar-refractivity contribution is 5.79. The Labute approximate surface area is 112 Å². The van der Waals surface area contributed by atoms with Crippen molar-refractivity contribution >= 4 is 5.91 Å². The second-order valence-corrected chi connectivity index (χ2v) is 6.93. The normalized spacial score (nSPS) is 17.6. The van der Waals surface area contributed by atoms with Crippen molar-refractivity contribution in [1.82, 2.24) is 4.90 Å². The lowest BCUT2D eigenvalue weighted by Crippen LogP contribution is -2.42. The fraction of sp³-hybridized carbons (Fsp3) is 0.933. The van der Waals surface area contributed by atoms with Crippen molar-refractivity contribution in [3.63, 3.8) is 0 Å². The molecule has 0 spiro atoms. The van der Waals surface area contributed by atoms with Gasteiger partial charge in [0.15, 0.2) is 0 Å². The predicted molar refractivity (Wildman–Crippen MR) is 76.2 cm³/mol. The summed E-state index contributed by atoms with van der Waals surface area (Å²) in [6, 6.07) is 0. The largest absolute Gasteiger partial charge is 0.342 e. The van der Waals surface area contributed by atoms with Gasteiger partial charge in [-0.1, -0.05) is 27.7 Å². The van der Waals surface area contributed by atoms with Crippen LogP contribution in [0.1, 0.15) is 53.4 Å². The van der Waals surface area contributed by atoms with Gasteiger partial charge in [0.05, 0.1) is 5.92 Å². The Balaban J connectivity index is 2.59. The number of rotatable bonds is 7. The monoisotopic (exact) mass is 254 g/mol. The zero-order valence-corrected chi connectivity index (χ0v) is 12.5. The van der Waals surface area contributed by atoms with Gasteiger partial charge in [-0.15, -0.1) is 0 Å². The van der Waals surface area contributed by atoms with Gasteiger partial charge in [0.2, 0.25) is 5.91 Å². The van der Waals surface area contributed by atoms with Crippen LogP contribution in [0, 0.1) is 17.3 Å². The van der Waals surface area contributed by atoms with Crippen LogP contribution in [0.2, 0.25) is 0 Å². The molecule has 106 valence electrons. The van der Waals surface area contributed by atoms with E-state index in [0.29, 0.717) is 6.54 Å². The number of carbonyl (C=O) groups is 1. The summed E-state index contributed by atoms with van der Waals surface area (Å²) in [7, 11) is 0. The molecule has 0 aliphatic heterocycles. The van der Waals surface area contributed by atoms with Crippen LogP contribution in [0.25, 0.3) is 0 Å². The van der Waals surface area contributed by atoms with Crippen molar-refractivity contribution in [2.75, 3.05) is 19.6 Å². The summed E-state index contributed by atoms with van der Waals surface area (Å²) >= 11 is 0. The highest BCUT2D eigenvalue weighted by Gasteiger charge is 2.31. The first-order valence-electron chi connectivity index (χ1n) is 7.36. The molecule has 1 aliphatic carbocycles. The van der Waals surface area contributed by atoms with Crippen LogP contribution in [-0.2, 0) is 4.79 Å². The number of hydrogen-bond acceptors (Lipinski definition) is 2. The third kappa shape index (κ3) is 5.38. The summed E-state index contributed by atoms with van der Waals surface area (Å²) in [5.41, 5.74) is 5.98. The second kappa shape index (κ2) is 6.55. The fourth-order valence-electron chi connectivity index (χ4n) is 2.44. The van der Waals surface area contributed by atoms with Crippen LogP contribution in [0.15, 0.2) is 0 Å². The van der Waals surface area contributed by atoms with Crippen LogP contribution in [0.3, 0.4) is 0 Å². The van der Waals surface area contributed by atoms with Gasteiger partial charge in [0.25, 0.3) is 0 Å². The quantitative estimate of drug-likeness (QED) is 0.759. The molecule has 3 nitrogen and oxygen atoms in total. The van der Waals surface area contributed by atoms with Crippen molar-refractivity contribution in [3.05, 3.63) is 0 Å². The van der Waals surface area contributed by atoms with E-state index >= 15 is 0 Å².